The summed E-state index contributed by atoms with van der Waals surface area (Å²) in [5.74, 6) is 3.23. The van der Waals surface area contributed by atoms with Gasteiger partial charge in [-0.2, -0.15) is 0 Å². The van der Waals surface area contributed by atoms with Gasteiger partial charge in [0, 0.05) is 25.2 Å². The lowest BCUT2D eigenvalue weighted by molar-refractivity contribution is -0.256. The van der Waals surface area contributed by atoms with Gasteiger partial charge in [0.25, 0.3) is 14.1 Å². The molecule has 5 fully saturated rings. The molecule has 344 valence electrons. The average Bonchev–Trinajstić information content (AvgIpc) is 3.60. The van der Waals surface area contributed by atoms with Crippen molar-refractivity contribution in [2.24, 2.45) is 28.7 Å². The number of benzene rings is 3. The Labute approximate surface area is 375 Å². The Morgan fingerprint density at radius 2 is 1.47 bits per heavy atom. The summed E-state index contributed by atoms with van der Waals surface area (Å²) in [7, 11) is 0.692. The standard InChI is InChI=1S/C48H62N5O10P/c1-4-5-6-10-22-53(51-42(55)30-47-27-32-24-33(28-47)26-34(25-32)29-47)62-44-43(63-64(49)57)40(61-45(44)52-23-21-41(54)50-46(52)56)31-60-48(35-11-8-7-9-12-35,36-13-17-38(58-2)18-14-36)37-15-19-39(59-3)20-16-37/h7-9,11-21,23,32-34,40,43-45,57H,4-6,10,22,24-31,49H2,1-3H3,(H,51,55)(H,50,54,56)/t32?,33?,34?,40-,43-,44-,45-,47?,64?/m1/s1. The van der Waals surface area contributed by atoms with Gasteiger partial charge in [0.05, 0.1) is 20.8 Å². The second-order valence-electron chi connectivity index (χ2n) is 18.1. The van der Waals surface area contributed by atoms with Crippen LogP contribution in [0.15, 0.2) is 101 Å². The van der Waals surface area contributed by atoms with Gasteiger partial charge < -0.3 is 28.4 Å². The molecule has 1 saturated heterocycles. The Balaban J connectivity index is 1.15. The van der Waals surface area contributed by atoms with Crippen LogP contribution >= 0.6 is 8.53 Å². The first-order chi connectivity index (χ1) is 31.0. The number of unbranched alkanes of at least 4 members (excludes halogenated alkanes) is 3. The van der Waals surface area contributed by atoms with Gasteiger partial charge in [-0.1, -0.05) is 86.0 Å². The zero-order chi connectivity index (χ0) is 44.8. The number of ether oxygens (including phenoxy) is 4. The Kier molecular flexibility index (Phi) is 14.7. The van der Waals surface area contributed by atoms with Crippen molar-refractivity contribution in [3.8, 4) is 11.5 Å². The molecule has 16 heteroatoms. The van der Waals surface area contributed by atoms with Crippen LogP contribution in [0.5, 0.6) is 11.5 Å². The molecule has 5 aliphatic rings. The SMILES string of the molecule is CCCCCCN(NC(=O)CC12CC3CC(CC(C3)C1)C2)O[C@@H]1[C@H](OP(N)O)[C@@H](COC(c2ccccc2)(c2ccc(OC)cc2)c2ccc(OC)cc2)O[C@H]1n1ccc(=O)[nH]c1=O. The summed E-state index contributed by atoms with van der Waals surface area (Å²) in [4.78, 5) is 60.0. The number of hydrogen-bond donors (Lipinski definition) is 4. The van der Waals surface area contributed by atoms with Crippen LogP contribution in [-0.2, 0) is 29.2 Å². The number of nitrogens with zero attached hydrogens (tertiary/aromatic N) is 2. The quantitative estimate of drug-likeness (QED) is 0.0296. The predicted molar refractivity (Wildman–Crippen MR) is 241 cm³/mol. The highest BCUT2D eigenvalue weighted by molar-refractivity contribution is 7.43. The third kappa shape index (κ3) is 10.2. The van der Waals surface area contributed by atoms with E-state index in [0.717, 1.165) is 55.2 Å². The van der Waals surface area contributed by atoms with E-state index >= 15 is 0 Å². The molecule has 4 bridgehead atoms. The minimum atomic E-state index is -2.52. The van der Waals surface area contributed by atoms with Crippen molar-refractivity contribution in [3.63, 3.8) is 0 Å². The normalized spacial score (nSPS) is 26.6. The van der Waals surface area contributed by atoms with Crippen molar-refractivity contribution in [2.75, 3.05) is 27.4 Å². The number of H-pyrrole nitrogens is 1. The molecule has 64 heavy (non-hydrogen) atoms. The Hall–Kier alpha value is -4.44. The molecule has 1 aromatic heterocycles. The largest absolute Gasteiger partial charge is 0.497 e. The van der Waals surface area contributed by atoms with Gasteiger partial charge >= 0.3 is 5.69 Å². The number of hydrazine groups is 1. The molecule has 1 aliphatic heterocycles. The van der Waals surface area contributed by atoms with Crippen LogP contribution in [0.25, 0.3) is 0 Å². The number of aromatic nitrogens is 2. The number of methoxy groups -OCH3 is 2. The summed E-state index contributed by atoms with van der Waals surface area (Å²) in [6.45, 7) is 2.28. The molecular formula is C48H62N5O10P. The molecule has 3 aromatic carbocycles. The zero-order valence-corrected chi connectivity index (χ0v) is 37.8. The highest BCUT2D eigenvalue weighted by atomic mass is 31.2. The molecule has 4 aliphatic carbocycles. The van der Waals surface area contributed by atoms with Gasteiger partial charge in [-0.05, 0) is 109 Å². The number of nitrogens with one attached hydrogen (secondary N) is 2. The van der Waals surface area contributed by atoms with Crippen molar-refractivity contribution in [1.29, 1.82) is 0 Å². The molecular weight excluding hydrogens is 838 g/mol. The lowest BCUT2D eigenvalue weighted by Gasteiger charge is -2.56. The topological polar surface area (TPSA) is 189 Å². The minimum Gasteiger partial charge on any atom is -0.497 e. The fourth-order valence-corrected chi connectivity index (χ4v) is 11.8. The highest BCUT2D eigenvalue weighted by Gasteiger charge is 2.53. The van der Waals surface area contributed by atoms with E-state index in [-0.39, 0.29) is 17.9 Å². The minimum absolute atomic E-state index is 0.0195. The first-order valence-electron chi connectivity index (χ1n) is 22.6. The molecule has 5 N–H and O–H groups in total. The summed E-state index contributed by atoms with van der Waals surface area (Å²) in [6.07, 6.45) is 7.77. The fourth-order valence-electron chi connectivity index (χ4n) is 11.3. The van der Waals surface area contributed by atoms with E-state index in [1.165, 1.54) is 41.3 Å². The Bertz CT molecular complexity index is 2190. The van der Waals surface area contributed by atoms with E-state index in [0.29, 0.717) is 48.6 Å². The molecule has 9 rings (SSSR count). The summed E-state index contributed by atoms with van der Waals surface area (Å²) in [5.41, 5.74) is 8.86. The summed E-state index contributed by atoms with van der Waals surface area (Å²) in [5, 5.41) is 1.44. The van der Waals surface area contributed by atoms with Gasteiger partial charge in [0.15, 0.2) is 12.3 Å². The molecule has 0 spiro atoms. The zero-order valence-electron chi connectivity index (χ0n) is 36.9. The van der Waals surface area contributed by atoms with Crippen LogP contribution in [0.3, 0.4) is 0 Å². The van der Waals surface area contributed by atoms with Crippen LogP contribution in [0.1, 0.15) is 100 Å². The molecule has 2 heterocycles. The van der Waals surface area contributed by atoms with Gasteiger partial charge in [0.2, 0.25) is 5.91 Å². The van der Waals surface area contributed by atoms with Crippen LogP contribution in [-0.4, -0.2) is 71.2 Å². The van der Waals surface area contributed by atoms with Gasteiger partial charge in [-0.25, -0.2) is 4.79 Å². The molecule has 1 unspecified atom stereocenters. The average molecular weight is 900 g/mol. The monoisotopic (exact) mass is 899 g/mol. The van der Waals surface area contributed by atoms with Crippen molar-refractivity contribution in [3.05, 3.63) is 129 Å². The maximum absolute atomic E-state index is 14.2. The van der Waals surface area contributed by atoms with Crippen LogP contribution in [0.4, 0.5) is 0 Å². The van der Waals surface area contributed by atoms with Crippen LogP contribution in [0, 0.1) is 23.2 Å². The lowest BCUT2D eigenvalue weighted by atomic mass is 9.49. The fraction of sp³-hybridized carbons (Fsp3) is 0.521. The van der Waals surface area contributed by atoms with E-state index in [2.05, 4.69) is 17.3 Å². The third-order valence-corrected chi connectivity index (χ3v) is 14.2. The van der Waals surface area contributed by atoms with Crippen LogP contribution in [0.2, 0.25) is 0 Å². The molecule has 0 radical (unpaired) electrons. The van der Waals surface area contributed by atoms with E-state index in [4.69, 9.17) is 33.8 Å². The first-order valence-corrected chi connectivity index (χ1v) is 23.9. The van der Waals surface area contributed by atoms with E-state index in [1.54, 1.807) is 14.2 Å². The van der Waals surface area contributed by atoms with E-state index in [9.17, 15) is 19.3 Å². The maximum Gasteiger partial charge on any atom is 0.330 e. The second-order valence-corrected chi connectivity index (χ2v) is 18.9. The number of aromatic amines is 1. The van der Waals surface area contributed by atoms with Gasteiger partial charge in [-0.3, -0.25) is 34.9 Å². The Morgan fingerprint density at radius 3 is 2.02 bits per heavy atom. The van der Waals surface area contributed by atoms with E-state index in [1.807, 2.05) is 78.9 Å². The first kappa shape index (κ1) is 46.1. The third-order valence-electron chi connectivity index (χ3n) is 13.7. The predicted octanol–water partition coefficient (Wildman–Crippen LogP) is 6.84. The maximum atomic E-state index is 14.2. The number of hydroxylamine groups is 1. The van der Waals surface area contributed by atoms with Gasteiger partial charge in [-0.15, -0.1) is 0 Å². The molecule has 4 saturated carbocycles. The van der Waals surface area contributed by atoms with Gasteiger partial charge in [0.1, 0.15) is 29.3 Å². The highest BCUT2D eigenvalue weighted by Crippen LogP contribution is 2.61. The van der Waals surface area contributed by atoms with Crippen LogP contribution < -0.4 is 31.7 Å². The van der Waals surface area contributed by atoms with Crippen molar-refractivity contribution in [2.45, 2.75) is 108 Å². The number of rotatable bonds is 21. The molecule has 1 amide bonds. The number of carbonyl (C=O) groups is 1. The number of hydrogen-bond acceptors (Lipinski definition) is 12. The molecule has 4 aromatic rings. The summed E-state index contributed by atoms with van der Waals surface area (Å²) < 4.78 is 32.4. The lowest BCUT2D eigenvalue weighted by Crippen LogP contribution is -2.52. The number of amides is 1. The van der Waals surface area contributed by atoms with E-state index < -0.39 is 49.9 Å². The van der Waals surface area contributed by atoms with Crippen molar-refractivity contribution >= 4 is 14.4 Å². The summed E-state index contributed by atoms with van der Waals surface area (Å²) >= 11 is 0. The number of carbonyl (C=O) groups excluding carboxylic acids is 1. The van der Waals surface area contributed by atoms with Crippen molar-refractivity contribution in [1.82, 2.24) is 20.1 Å². The summed E-state index contributed by atoms with van der Waals surface area (Å²) in [6, 6.07) is 26.1. The number of nitrogens with two attached hydrogens (primary N) is 1. The Morgan fingerprint density at radius 1 is 0.875 bits per heavy atom. The van der Waals surface area contributed by atoms with Crippen molar-refractivity contribution < 1.29 is 38.0 Å². The second kappa shape index (κ2) is 20.4. The smallest absolute Gasteiger partial charge is 0.330 e. The molecule has 5 atom stereocenters. The molecule has 15 nitrogen and oxygen atoms in total.